The number of rotatable bonds is 9. The van der Waals surface area contributed by atoms with Crippen molar-refractivity contribution in [1.29, 1.82) is 0 Å². The topological polar surface area (TPSA) is 72.4 Å². The van der Waals surface area contributed by atoms with Gasteiger partial charge in [0.15, 0.2) is 0 Å². The number of pyridine rings is 1. The Labute approximate surface area is 206 Å². The number of aryl methyl sites for hydroxylation is 2. The molecule has 0 unspecified atom stereocenters. The van der Waals surface area contributed by atoms with Crippen molar-refractivity contribution in [3.8, 4) is 17.0 Å². The SMILES string of the molecule is CCO[C@H]1CN(c2cccnc2)C[C@H]1Nc1nc(CC)c(-c2ccc(OC)cc2Cl)nc1CC. The van der Waals surface area contributed by atoms with Crippen LogP contribution in [0.3, 0.4) is 0 Å². The molecule has 3 heterocycles. The maximum Gasteiger partial charge on any atom is 0.148 e. The van der Waals surface area contributed by atoms with E-state index in [1.165, 1.54) is 0 Å². The standard InChI is InChI=1S/C26H32ClN5O2/c1-5-21-25(19-11-10-18(33-4)13-20(19)27)29-22(6-2)26(30-21)31-23-15-32(16-24(23)34-7-3)17-9-8-12-28-14-17/h8-14,23-24H,5-7,15-16H2,1-4H3,(H,30,31)/t23-,24+/m1/s1. The number of hydrogen-bond donors (Lipinski definition) is 1. The minimum Gasteiger partial charge on any atom is -0.497 e. The molecule has 1 N–H and O–H groups in total. The highest BCUT2D eigenvalue weighted by molar-refractivity contribution is 6.33. The average molecular weight is 482 g/mol. The molecule has 8 heteroatoms. The van der Waals surface area contributed by atoms with Crippen LogP contribution in [0.4, 0.5) is 11.5 Å². The fourth-order valence-corrected chi connectivity index (χ4v) is 4.63. The Bertz CT molecular complexity index is 1110. The van der Waals surface area contributed by atoms with Crippen LogP contribution in [0.15, 0.2) is 42.7 Å². The van der Waals surface area contributed by atoms with Gasteiger partial charge in [-0.05, 0) is 50.1 Å². The molecule has 0 amide bonds. The van der Waals surface area contributed by atoms with E-state index < -0.39 is 0 Å². The van der Waals surface area contributed by atoms with Crippen LogP contribution < -0.4 is 15.0 Å². The second-order valence-corrected chi connectivity index (χ2v) is 8.64. The van der Waals surface area contributed by atoms with Crippen LogP contribution in [-0.2, 0) is 17.6 Å². The highest BCUT2D eigenvalue weighted by Gasteiger charge is 2.34. The average Bonchev–Trinajstić information content (AvgIpc) is 3.26. The van der Waals surface area contributed by atoms with Gasteiger partial charge in [0, 0.05) is 31.5 Å². The fourth-order valence-electron chi connectivity index (χ4n) is 4.37. The highest BCUT2D eigenvalue weighted by Crippen LogP contribution is 2.33. The normalized spacial score (nSPS) is 17.7. The van der Waals surface area contributed by atoms with E-state index >= 15 is 0 Å². The fraction of sp³-hybridized carbons (Fsp3) is 0.423. The molecule has 2 atom stereocenters. The molecule has 3 aromatic rings. The zero-order valence-corrected chi connectivity index (χ0v) is 21.0. The van der Waals surface area contributed by atoms with Crippen molar-refractivity contribution >= 4 is 23.1 Å². The van der Waals surface area contributed by atoms with Crippen molar-refractivity contribution in [1.82, 2.24) is 15.0 Å². The van der Waals surface area contributed by atoms with Crippen LogP contribution >= 0.6 is 11.6 Å². The van der Waals surface area contributed by atoms with Gasteiger partial charge in [-0.3, -0.25) is 4.98 Å². The zero-order chi connectivity index (χ0) is 24.1. The summed E-state index contributed by atoms with van der Waals surface area (Å²) >= 11 is 6.58. The summed E-state index contributed by atoms with van der Waals surface area (Å²) in [5.74, 6) is 1.53. The Morgan fingerprint density at radius 3 is 2.56 bits per heavy atom. The number of ether oxygens (including phenoxy) is 2. The lowest BCUT2D eigenvalue weighted by molar-refractivity contribution is 0.0719. The first-order valence-electron chi connectivity index (χ1n) is 11.8. The monoisotopic (exact) mass is 481 g/mol. The van der Waals surface area contributed by atoms with Crippen molar-refractivity contribution in [2.45, 2.75) is 45.8 Å². The van der Waals surface area contributed by atoms with Gasteiger partial charge in [0.25, 0.3) is 0 Å². The van der Waals surface area contributed by atoms with Crippen LogP contribution in [0, 0.1) is 0 Å². The molecule has 1 aliphatic rings. The maximum absolute atomic E-state index is 6.58. The maximum atomic E-state index is 6.58. The summed E-state index contributed by atoms with van der Waals surface area (Å²) in [6.07, 6.45) is 5.22. The molecule has 1 fully saturated rings. The second-order valence-electron chi connectivity index (χ2n) is 8.23. The van der Waals surface area contributed by atoms with Gasteiger partial charge in [0.05, 0.1) is 53.2 Å². The van der Waals surface area contributed by atoms with Gasteiger partial charge in [-0.2, -0.15) is 0 Å². The van der Waals surface area contributed by atoms with E-state index in [1.54, 1.807) is 13.3 Å². The van der Waals surface area contributed by atoms with E-state index in [0.717, 1.165) is 65.8 Å². The van der Waals surface area contributed by atoms with Crippen LogP contribution in [0.5, 0.6) is 5.75 Å². The molecular formula is C26H32ClN5O2. The highest BCUT2D eigenvalue weighted by atomic mass is 35.5. The molecule has 4 rings (SSSR count). The Morgan fingerprint density at radius 1 is 1.09 bits per heavy atom. The second kappa shape index (κ2) is 11.0. The largest absolute Gasteiger partial charge is 0.497 e. The summed E-state index contributed by atoms with van der Waals surface area (Å²) < 4.78 is 11.4. The number of hydrogen-bond acceptors (Lipinski definition) is 7. The molecule has 34 heavy (non-hydrogen) atoms. The lowest BCUT2D eigenvalue weighted by Crippen LogP contribution is -2.35. The molecule has 7 nitrogen and oxygen atoms in total. The lowest BCUT2D eigenvalue weighted by atomic mass is 10.1. The van der Waals surface area contributed by atoms with Gasteiger partial charge in [0.2, 0.25) is 0 Å². The summed E-state index contributed by atoms with van der Waals surface area (Å²) in [5, 5.41) is 4.27. The quantitative estimate of drug-likeness (QED) is 0.459. The van der Waals surface area contributed by atoms with Gasteiger partial charge < -0.3 is 19.7 Å². The summed E-state index contributed by atoms with van der Waals surface area (Å²) in [6.45, 7) is 8.47. The van der Waals surface area contributed by atoms with E-state index in [1.807, 2.05) is 37.4 Å². The van der Waals surface area contributed by atoms with Crippen molar-refractivity contribution < 1.29 is 9.47 Å². The zero-order valence-electron chi connectivity index (χ0n) is 20.2. The molecule has 180 valence electrons. The van der Waals surface area contributed by atoms with Crippen LogP contribution in [-0.4, -0.2) is 53.9 Å². The molecule has 1 aromatic carbocycles. The van der Waals surface area contributed by atoms with Gasteiger partial charge >= 0.3 is 0 Å². The van der Waals surface area contributed by atoms with E-state index in [9.17, 15) is 0 Å². The van der Waals surface area contributed by atoms with Crippen molar-refractivity contribution in [2.24, 2.45) is 0 Å². The number of nitrogens with zero attached hydrogens (tertiary/aromatic N) is 4. The molecule has 0 spiro atoms. The van der Waals surface area contributed by atoms with E-state index in [4.69, 9.17) is 31.0 Å². The van der Waals surface area contributed by atoms with E-state index in [-0.39, 0.29) is 12.1 Å². The third-order valence-corrected chi connectivity index (χ3v) is 6.43. The molecule has 0 radical (unpaired) electrons. The molecule has 0 bridgehead atoms. The number of methoxy groups -OCH3 is 1. The van der Waals surface area contributed by atoms with Crippen molar-refractivity contribution in [3.05, 3.63) is 59.1 Å². The first-order valence-corrected chi connectivity index (χ1v) is 12.2. The first kappa shape index (κ1) is 24.2. The number of nitrogens with one attached hydrogen (secondary N) is 1. The minimum atomic E-state index is 0.0393. The molecule has 2 aromatic heterocycles. The lowest BCUT2D eigenvalue weighted by Gasteiger charge is -2.22. The van der Waals surface area contributed by atoms with Gasteiger partial charge in [-0.1, -0.05) is 25.4 Å². The van der Waals surface area contributed by atoms with Crippen molar-refractivity contribution in [3.63, 3.8) is 0 Å². The van der Waals surface area contributed by atoms with Crippen LogP contribution in [0.2, 0.25) is 5.02 Å². The molecule has 1 aliphatic heterocycles. The summed E-state index contributed by atoms with van der Waals surface area (Å²) in [5.41, 5.74) is 4.60. The third kappa shape index (κ3) is 5.10. The molecular weight excluding hydrogens is 450 g/mol. The number of benzene rings is 1. The Kier molecular flexibility index (Phi) is 7.85. The summed E-state index contributed by atoms with van der Waals surface area (Å²) in [4.78, 5) is 16.6. The minimum absolute atomic E-state index is 0.0393. The molecule has 1 saturated heterocycles. The Balaban J connectivity index is 1.65. The van der Waals surface area contributed by atoms with E-state index in [2.05, 4.69) is 35.1 Å². The van der Waals surface area contributed by atoms with Gasteiger partial charge in [-0.25, -0.2) is 9.97 Å². The first-order chi connectivity index (χ1) is 16.6. The molecule has 0 aliphatic carbocycles. The van der Waals surface area contributed by atoms with Crippen LogP contribution in [0.25, 0.3) is 11.3 Å². The smallest absolute Gasteiger partial charge is 0.148 e. The molecule has 0 saturated carbocycles. The summed E-state index contributed by atoms with van der Waals surface area (Å²) in [7, 11) is 1.63. The predicted molar refractivity (Wildman–Crippen MR) is 137 cm³/mol. The van der Waals surface area contributed by atoms with E-state index in [0.29, 0.717) is 11.6 Å². The third-order valence-electron chi connectivity index (χ3n) is 6.12. The Morgan fingerprint density at radius 2 is 1.91 bits per heavy atom. The number of anilines is 2. The predicted octanol–water partition coefficient (Wildman–Crippen LogP) is 5.03. The van der Waals surface area contributed by atoms with Crippen LogP contribution in [0.1, 0.15) is 32.2 Å². The van der Waals surface area contributed by atoms with Gasteiger partial charge in [0.1, 0.15) is 11.6 Å². The summed E-state index contributed by atoms with van der Waals surface area (Å²) in [6, 6.07) is 9.79. The van der Waals surface area contributed by atoms with Crippen molar-refractivity contribution in [2.75, 3.05) is 37.0 Å². The number of aromatic nitrogens is 3. The van der Waals surface area contributed by atoms with Gasteiger partial charge in [-0.15, -0.1) is 0 Å². The number of halogens is 1. The Hall–Kier alpha value is -2.90.